The highest BCUT2D eigenvalue weighted by Crippen LogP contribution is 2.22. The van der Waals surface area contributed by atoms with Crippen LogP contribution >= 0.6 is 0 Å². The lowest BCUT2D eigenvalue weighted by Crippen LogP contribution is -2.49. The standard InChI is InChI=1S/C19H27N5O2S/c1-14-6-7-17(12-15(14)2)27(25,26)24-10-8-23(9-11-24)19-20-16(3)13-18(21-19)22(4)5/h6-7,12-13H,8-11H2,1-5H3. The van der Waals surface area contributed by atoms with E-state index in [0.717, 1.165) is 22.6 Å². The van der Waals surface area contributed by atoms with Gasteiger partial charge in [0.25, 0.3) is 0 Å². The van der Waals surface area contributed by atoms with Crippen LogP contribution in [0.15, 0.2) is 29.2 Å². The van der Waals surface area contributed by atoms with Crippen molar-refractivity contribution in [2.24, 2.45) is 0 Å². The number of anilines is 2. The molecule has 1 aromatic heterocycles. The molecular weight excluding hydrogens is 362 g/mol. The Labute approximate surface area is 161 Å². The Bertz CT molecular complexity index is 935. The molecule has 3 rings (SSSR count). The molecule has 0 N–H and O–H groups in total. The third-order valence-electron chi connectivity index (χ3n) is 4.92. The van der Waals surface area contributed by atoms with E-state index in [-0.39, 0.29) is 0 Å². The summed E-state index contributed by atoms with van der Waals surface area (Å²) in [7, 11) is 0.409. The predicted octanol–water partition coefficient (Wildman–Crippen LogP) is 1.98. The van der Waals surface area contributed by atoms with Gasteiger partial charge in [0.2, 0.25) is 16.0 Å². The fourth-order valence-electron chi connectivity index (χ4n) is 3.06. The van der Waals surface area contributed by atoms with E-state index >= 15 is 0 Å². The number of nitrogens with zero attached hydrogens (tertiary/aromatic N) is 5. The summed E-state index contributed by atoms with van der Waals surface area (Å²) in [5.41, 5.74) is 2.97. The third-order valence-corrected chi connectivity index (χ3v) is 6.82. The SMILES string of the molecule is Cc1cc(N(C)C)nc(N2CCN(S(=O)(=O)c3ccc(C)c(C)c3)CC2)n1. The van der Waals surface area contributed by atoms with Crippen molar-refractivity contribution in [3.8, 4) is 0 Å². The van der Waals surface area contributed by atoms with Gasteiger partial charge in [0.1, 0.15) is 5.82 Å². The second-order valence-corrected chi connectivity index (χ2v) is 9.14. The average molecular weight is 390 g/mol. The van der Waals surface area contributed by atoms with Gasteiger partial charge in [0.15, 0.2) is 0 Å². The quantitative estimate of drug-likeness (QED) is 0.796. The first-order chi connectivity index (χ1) is 12.7. The zero-order chi connectivity index (χ0) is 19.8. The lowest BCUT2D eigenvalue weighted by atomic mass is 10.1. The minimum Gasteiger partial charge on any atom is -0.363 e. The summed E-state index contributed by atoms with van der Waals surface area (Å²) in [6.45, 7) is 7.84. The van der Waals surface area contributed by atoms with Gasteiger partial charge in [-0.3, -0.25) is 0 Å². The van der Waals surface area contributed by atoms with Gasteiger partial charge in [0.05, 0.1) is 4.90 Å². The molecule has 1 aliphatic rings. The fourth-order valence-corrected chi connectivity index (χ4v) is 4.57. The average Bonchev–Trinajstić information content (AvgIpc) is 2.63. The lowest BCUT2D eigenvalue weighted by Gasteiger charge is -2.34. The summed E-state index contributed by atoms with van der Waals surface area (Å²) in [6, 6.07) is 7.24. The van der Waals surface area contributed by atoms with E-state index in [4.69, 9.17) is 0 Å². The second kappa shape index (κ2) is 7.44. The molecule has 0 spiro atoms. The predicted molar refractivity (Wildman–Crippen MR) is 108 cm³/mol. The van der Waals surface area contributed by atoms with Gasteiger partial charge in [-0.15, -0.1) is 0 Å². The first kappa shape index (κ1) is 19.6. The van der Waals surface area contributed by atoms with Gasteiger partial charge in [-0.2, -0.15) is 9.29 Å². The van der Waals surface area contributed by atoms with Crippen LogP contribution in [0.1, 0.15) is 16.8 Å². The highest BCUT2D eigenvalue weighted by atomic mass is 32.2. The summed E-state index contributed by atoms with van der Waals surface area (Å²) in [5, 5.41) is 0. The molecule has 2 aromatic rings. The van der Waals surface area contributed by atoms with Crippen LogP contribution in [0.2, 0.25) is 0 Å². The van der Waals surface area contributed by atoms with Crippen LogP contribution < -0.4 is 9.80 Å². The van der Waals surface area contributed by atoms with E-state index in [9.17, 15) is 8.42 Å². The monoisotopic (exact) mass is 389 g/mol. The number of sulfonamides is 1. The minimum absolute atomic E-state index is 0.362. The van der Waals surface area contributed by atoms with Crippen LogP contribution in [0.3, 0.4) is 0 Å². The van der Waals surface area contributed by atoms with Gasteiger partial charge in [0, 0.05) is 52.0 Å². The Morgan fingerprint density at radius 3 is 2.19 bits per heavy atom. The zero-order valence-electron chi connectivity index (χ0n) is 16.6. The molecule has 7 nitrogen and oxygen atoms in total. The van der Waals surface area contributed by atoms with Crippen molar-refractivity contribution in [3.63, 3.8) is 0 Å². The van der Waals surface area contributed by atoms with Crippen LogP contribution in [-0.4, -0.2) is 63.0 Å². The van der Waals surface area contributed by atoms with Gasteiger partial charge in [-0.25, -0.2) is 13.4 Å². The smallest absolute Gasteiger partial charge is 0.243 e. The van der Waals surface area contributed by atoms with E-state index in [1.807, 2.05) is 56.8 Å². The van der Waals surface area contributed by atoms with Gasteiger partial charge in [-0.05, 0) is 44.0 Å². The second-order valence-electron chi connectivity index (χ2n) is 7.20. The molecule has 1 saturated heterocycles. The molecule has 27 heavy (non-hydrogen) atoms. The van der Waals surface area contributed by atoms with Crippen molar-refractivity contribution in [2.45, 2.75) is 25.7 Å². The Balaban J connectivity index is 1.76. The summed E-state index contributed by atoms with van der Waals surface area (Å²) >= 11 is 0. The normalized spacial score (nSPS) is 15.8. The first-order valence-electron chi connectivity index (χ1n) is 9.04. The Kier molecular flexibility index (Phi) is 5.39. The number of piperazine rings is 1. The van der Waals surface area contributed by atoms with E-state index in [1.165, 1.54) is 0 Å². The van der Waals surface area contributed by atoms with Gasteiger partial charge >= 0.3 is 0 Å². The minimum atomic E-state index is -3.48. The maximum atomic E-state index is 13.0. The van der Waals surface area contributed by atoms with Crippen LogP contribution in [0, 0.1) is 20.8 Å². The van der Waals surface area contributed by atoms with E-state index < -0.39 is 10.0 Å². The number of rotatable bonds is 4. The van der Waals surface area contributed by atoms with E-state index in [0.29, 0.717) is 37.0 Å². The third kappa shape index (κ3) is 4.06. The molecular formula is C19H27N5O2S. The van der Waals surface area contributed by atoms with E-state index in [1.54, 1.807) is 16.4 Å². The topological polar surface area (TPSA) is 69.6 Å². The van der Waals surface area contributed by atoms with Crippen molar-refractivity contribution in [3.05, 3.63) is 41.1 Å². The number of hydrogen-bond acceptors (Lipinski definition) is 6. The molecule has 0 aliphatic carbocycles. The number of aromatic nitrogens is 2. The lowest BCUT2D eigenvalue weighted by molar-refractivity contribution is 0.382. The molecule has 0 bridgehead atoms. The van der Waals surface area contributed by atoms with Crippen molar-refractivity contribution in [2.75, 3.05) is 50.1 Å². The molecule has 0 unspecified atom stereocenters. The highest BCUT2D eigenvalue weighted by molar-refractivity contribution is 7.89. The van der Waals surface area contributed by atoms with Crippen LogP contribution in [0.5, 0.6) is 0 Å². The van der Waals surface area contributed by atoms with Crippen molar-refractivity contribution < 1.29 is 8.42 Å². The van der Waals surface area contributed by atoms with Crippen LogP contribution in [0.4, 0.5) is 11.8 Å². The Morgan fingerprint density at radius 2 is 1.59 bits per heavy atom. The Hall–Kier alpha value is -2.19. The molecule has 146 valence electrons. The Morgan fingerprint density at radius 1 is 0.926 bits per heavy atom. The first-order valence-corrected chi connectivity index (χ1v) is 10.5. The summed E-state index contributed by atoms with van der Waals surface area (Å²) in [6.07, 6.45) is 0. The molecule has 1 aromatic carbocycles. The molecule has 1 fully saturated rings. The highest BCUT2D eigenvalue weighted by Gasteiger charge is 2.29. The van der Waals surface area contributed by atoms with Gasteiger partial charge < -0.3 is 9.80 Å². The van der Waals surface area contributed by atoms with Crippen molar-refractivity contribution >= 4 is 21.8 Å². The molecule has 0 amide bonds. The number of benzene rings is 1. The molecule has 8 heteroatoms. The van der Waals surface area contributed by atoms with Crippen molar-refractivity contribution in [1.29, 1.82) is 0 Å². The van der Waals surface area contributed by atoms with Crippen molar-refractivity contribution in [1.82, 2.24) is 14.3 Å². The molecule has 1 aliphatic heterocycles. The van der Waals surface area contributed by atoms with Crippen LogP contribution in [0.25, 0.3) is 0 Å². The summed E-state index contributed by atoms with van der Waals surface area (Å²) in [5.74, 6) is 1.50. The van der Waals surface area contributed by atoms with Crippen LogP contribution in [-0.2, 0) is 10.0 Å². The maximum absolute atomic E-state index is 13.0. The zero-order valence-corrected chi connectivity index (χ0v) is 17.4. The number of aryl methyl sites for hydroxylation is 3. The molecule has 0 saturated carbocycles. The summed E-state index contributed by atoms with van der Waals surface area (Å²) in [4.78, 5) is 13.5. The van der Waals surface area contributed by atoms with E-state index in [2.05, 4.69) is 9.97 Å². The molecule has 0 radical (unpaired) electrons. The fraction of sp³-hybridized carbons (Fsp3) is 0.474. The summed E-state index contributed by atoms with van der Waals surface area (Å²) < 4.78 is 27.5. The number of hydrogen-bond donors (Lipinski definition) is 0. The maximum Gasteiger partial charge on any atom is 0.243 e. The molecule has 2 heterocycles. The van der Waals surface area contributed by atoms with Gasteiger partial charge in [-0.1, -0.05) is 6.07 Å². The molecule has 0 atom stereocenters. The largest absolute Gasteiger partial charge is 0.363 e.